The smallest absolute Gasteiger partial charge is 0.276 e. The van der Waals surface area contributed by atoms with Crippen molar-refractivity contribution in [1.82, 2.24) is 10.9 Å². The van der Waals surface area contributed by atoms with E-state index in [9.17, 15) is 9.59 Å². The summed E-state index contributed by atoms with van der Waals surface area (Å²) in [6, 6.07) is 5.38. The van der Waals surface area contributed by atoms with Crippen LogP contribution in [-0.2, 0) is 9.59 Å². The van der Waals surface area contributed by atoms with E-state index in [1.807, 2.05) is 13.0 Å². The van der Waals surface area contributed by atoms with Crippen LogP contribution in [0.5, 0.6) is 11.5 Å². The molecule has 0 aliphatic heterocycles. The fraction of sp³-hybridized carbons (Fsp3) is 0.333. The number of hydrogen-bond donors (Lipinski definition) is 2. The van der Waals surface area contributed by atoms with Gasteiger partial charge in [-0.3, -0.25) is 20.4 Å². The van der Waals surface area contributed by atoms with E-state index in [4.69, 9.17) is 9.47 Å². The van der Waals surface area contributed by atoms with E-state index in [1.165, 1.54) is 14.0 Å². The van der Waals surface area contributed by atoms with E-state index in [-0.39, 0.29) is 12.5 Å². The summed E-state index contributed by atoms with van der Waals surface area (Å²) in [7, 11) is 1.53. The van der Waals surface area contributed by atoms with Gasteiger partial charge in [-0.25, -0.2) is 0 Å². The van der Waals surface area contributed by atoms with Crippen LogP contribution in [-0.4, -0.2) is 25.5 Å². The van der Waals surface area contributed by atoms with Gasteiger partial charge in [-0.2, -0.15) is 0 Å². The lowest BCUT2D eigenvalue weighted by Gasteiger charge is -2.11. The molecule has 2 amide bonds. The summed E-state index contributed by atoms with van der Waals surface area (Å²) in [5.74, 6) is 0.229. The van der Waals surface area contributed by atoms with Gasteiger partial charge in [-0.15, -0.1) is 0 Å². The van der Waals surface area contributed by atoms with E-state index >= 15 is 0 Å². The fourth-order valence-electron chi connectivity index (χ4n) is 1.23. The van der Waals surface area contributed by atoms with E-state index in [0.29, 0.717) is 11.5 Å². The molecule has 0 unspecified atom stereocenters. The van der Waals surface area contributed by atoms with Crippen molar-refractivity contribution in [2.45, 2.75) is 13.8 Å². The Morgan fingerprint density at radius 2 is 1.94 bits per heavy atom. The number of carbonyl (C=O) groups is 2. The van der Waals surface area contributed by atoms with Crippen LogP contribution in [0, 0.1) is 6.92 Å². The summed E-state index contributed by atoms with van der Waals surface area (Å²) in [6.07, 6.45) is 0. The first-order chi connectivity index (χ1) is 8.52. The summed E-state index contributed by atoms with van der Waals surface area (Å²) in [5, 5.41) is 0. The van der Waals surface area contributed by atoms with Crippen LogP contribution in [0.3, 0.4) is 0 Å². The molecule has 1 rings (SSSR count). The molecule has 18 heavy (non-hydrogen) atoms. The Kier molecular flexibility index (Phi) is 4.98. The second-order valence-electron chi connectivity index (χ2n) is 3.67. The van der Waals surface area contributed by atoms with Crippen molar-refractivity contribution in [3.63, 3.8) is 0 Å². The number of hydrazine groups is 1. The van der Waals surface area contributed by atoms with Crippen LogP contribution in [0.25, 0.3) is 0 Å². The Labute approximate surface area is 105 Å². The highest BCUT2D eigenvalue weighted by atomic mass is 16.5. The quantitative estimate of drug-likeness (QED) is 0.767. The first kappa shape index (κ1) is 13.8. The third-order valence-corrected chi connectivity index (χ3v) is 2.06. The van der Waals surface area contributed by atoms with Crippen LogP contribution in [0.15, 0.2) is 18.2 Å². The number of methoxy groups -OCH3 is 1. The number of amides is 2. The number of hydrogen-bond acceptors (Lipinski definition) is 4. The minimum Gasteiger partial charge on any atom is -0.493 e. The van der Waals surface area contributed by atoms with E-state index < -0.39 is 5.91 Å². The van der Waals surface area contributed by atoms with Crippen molar-refractivity contribution in [1.29, 1.82) is 0 Å². The van der Waals surface area contributed by atoms with Crippen molar-refractivity contribution < 1.29 is 19.1 Å². The standard InChI is InChI=1S/C12H16N2O4/c1-8-4-5-10(11(6-8)17-3)18-7-12(16)14-13-9(2)15/h4-6H,7H2,1-3H3,(H,13,15)(H,14,16). The van der Waals surface area contributed by atoms with Gasteiger partial charge in [0.2, 0.25) is 5.91 Å². The number of rotatable bonds is 4. The summed E-state index contributed by atoms with van der Waals surface area (Å²) in [6.45, 7) is 3.01. The van der Waals surface area contributed by atoms with Gasteiger partial charge in [0.15, 0.2) is 18.1 Å². The molecule has 98 valence electrons. The van der Waals surface area contributed by atoms with Gasteiger partial charge in [-0.05, 0) is 24.6 Å². The lowest BCUT2D eigenvalue weighted by atomic mass is 10.2. The average Bonchev–Trinajstić information content (AvgIpc) is 2.34. The van der Waals surface area contributed by atoms with Gasteiger partial charge < -0.3 is 9.47 Å². The molecule has 0 atom stereocenters. The van der Waals surface area contributed by atoms with Crippen molar-refractivity contribution in [3.05, 3.63) is 23.8 Å². The Morgan fingerprint density at radius 1 is 1.22 bits per heavy atom. The molecule has 0 radical (unpaired) electrons. The largest absolute Gasteiger partial charge is 0.493 e. The third-order valence-electron chi connectivity index (χ3n) is 2.06. The maximum atomic E-state index is 11.3. The van der Waals surface area contributed by atoms with Crippen LogP contribution in [0.2, 0.25) is 0 Å². The van der Waals surface area contributed by atoms with Gasteiger partial charge in [0.05, 0.1) is 7.11 Å². The molecule has 0 spiro atoms. The van der Waals surface area contributed by atoms with E-state index in [2.05, 4.69) is 10.9 Å². The number of benzene rings is 1. The Bertz CT molecular complexity index is 446. The van der Waals surface area contributed by atoms with E-state index in [1.54, 1.807) is 12.1 Å². The lowest BCUT2D eigenvalue weighted by Crippen LogP contribution is -2.42. The molecule has 2 N–H and O–H groups in total. The fourth-order valence-corrected chi connectivity index (χ4v) is 1.23. The maximum absolute atomic E-state index is 11.3. The van der Waals surface area contributed by atoms with Crippen LogP contribution in [0.4, 0.5) is 0 Å². The monoisotopic (exact) mass is 252 g/mol. The van der Waals surface area contributed by atoms with Crippen LogP contribution in [0.1, 0.15) is 12.5 Å². The maximum Gasteiger partial charge on any atom is 0.276 e. The van der Waals surface area contributed by atoms with Gasteiger partial charge in [-0.1, -0.05) is 6.07 Å². The number of aryl methyl sites for hydroxylation is 1. The molecular formula is C12H16N2O4. The number of carbonyl (C=O) groups excluding carboxylic acids is 2. The van der Waals surface area contributed by atoms with Crippen LogP contribution >= 0.6 is 0 Å². The summed E-state index contributed by atoms with van der Waals surface area (Å²) < 4.78 is 10.4. The van der Waals surface area contributed by atoms with Crippen molar-refractivity contribution in [3.8, 4) is 11.5 Å². The summed E-state index contributed by atoms with van der Waals surface area (Å²) in [5.41, 5.74) is 5.40. The molecule has 0 bridgehead atoms. The highest BCUT2D eigenvalue weighted by Crippen LogP contribution is 2.27. The minimum absolute atomic E-state index is 0.209. The minimum atomic E-state index is -0.451. The molecule has 1 aromatic carbocycles. The first-order valence-electron chi connectivity index (χ1n) is 5.36. The summed E-state index contributed by atoms with van der Waals surface area (Å²) in [4.78, 5) is 21.9. The zero-order valence-corrected chi connectivity index (χ0v) is 10.6. The molecule has 0 aliphatic rings. The number of ether oxygens (including phenoxy) is 2. The van der Waals surface area contributed by atoms with Crippen LogP contribution < -0.4 is 20.3 Å². The second-order valence-corrected chi connectivity index (χ2v) is 3.67. The molecule has 0 saturated heterocycles. The Morgan fingerprint density at radius 3 is 2.56 bits per heavy atom. The highest BCUT2D eigenvalue weighted by Gasteiger charge is 2.07. The first-order valence-corrected chi connectivity index (χ1v) is 5.36. The molecular weight excluding hydrogens is 236 g/mol. The predicted molar refractivity (Wildman–Crippen MR) is 65.2 cm³/mol. The molecule has 0 fully saturated rings. The van der Waals surface area contributed by atoms with Crippen molar-refractivity contribution in [2.75, 3.05) is 13.7 Å². The second kappa shape index (κ2) is 6.48. The Hall–Kier alpha value is -2.24. The molecule has 6 nitrogen and oxygen atoms in total. The summed E-state index contributed by atoms with van der Waals surface area (Å²) >= 11 is 0. The van der Waals surface area contributed by atoms with Crippen molar-refractivity contribution >= 4 is 11.8 Å². The molecule has 6 heteroatoms. The highest BCUT2D eigenvalue weighted by molar-refractivity contribution is 5.81. The zero-order valence-electron chi connectivity index (χ0n) is 10.6. The molecule has 1 aromatic rings. The van der Waals surface area contributed by atoms with Gasteiger partial charge >= 0.3 is 0 Å². The predicted octanol–water partition coefficient (Wildman–Crippen LogP) is 0.550. The van der Waals surface area contributed by atoms with E-state index in [0.717, 1.165) is 5.56 Å². The molecule has 0 aliphatic carbocycles. The topological polar surface area (TPSA) is 76.7 Å². The van der Waals surface area contributed by atoms with Gasteiger partial charge in [0, 0.05) is 6.92 Å². The third kappa shape index (κ3) is 4.32. The number of nitrogens with one attached hydrogen (secondary N) is 2. The normalized spacial score (nSPS) is 9.50. The lowest BCUT2D eigenvalue weighted by molar-refractivity contribution is -0.129. The molecule has 0 heterocycles. The molecule has 0 aromatic heterocycles. The molecule has 0 saturated carbocycles. The van der Waals surface area contributed by atoms with Gasteiger partial charge in [0.25, 0.3) is 5.91 Å². The SMILES string of the molecule is COc1cc(C)ccc1OCC(=O)NNC(C)=O. The van der Waals surface area contributed by atoms with Crippen molar-refractivity contribution in [2.24, 2.45) is 0 Å². The Balaban J connectivity index is 2.52. The average molecular weight is 252 g/mol. The van der Waals surface area contributed by atoms with Gasteiger partial charge in [0.1, 0.15) is 0 Å². The zero-order chi connectivity index (χ0) is 13.5.